The maximum atomic E-state index is 13.9. The van der Waals surface area contributed by atoms with Gasteiger partial charge in [-0.1, -0.05) is 65.7 Å². The first-order valence-corrected chi connectivity index (χ1v) is 12.6. The number of hydrogen-bond acceptors (Lipinski definition) is 6. The lowest BCUT2D eigenvalue weighted by Gasteiger charge is -2.26. The number of aliphatic hydroxyl groups is 1. The van der Waals surface area contributed by atoms with E-state index in [4.69, 9.17) is 23.2 Å². The summed E-state index contributed by atoms with van der Waals surface area (Å²) in [6.45, 7) is 1.83. The van der Waals surface area contributed by atoms with Gasteiger partial charge in [-0.3, -0.25) is 14.6 Å². The number of carbonyl (C=O) groups excluding carboxylic acids is 2. The van der Waals surface area contributed by atoms with Gasteiger partial charge in [-0.15, -0.1) is 11.3 Å². The van der Waals surface area contributed by atoms with Crippen LogP contribution in [-0.2, 0) is 11.3 Å². The van der Waals surface area contributed by atoms with Gasteiger partial charge in [0.05, 0.1) is 44.5 Å². The molecule has 0 radical (unpaired) electrons. The molecule has 1 N–H and O–H groups in total. The van der Waals surface area contributed by atoms with Crippen molar-refractivity contribution in [3.05, 3.63) is 116 Å². The van der Waals surface area contributed by atoms with Crippen LogP contribution in [0.2, 0.25) is 10.0 Å². The van der Waals surface area contributed by atoms with Crippen molar-refractivity contribution in [2.24, 2.45) is 0 Å². The largest absolute Gasteiger partial charge is 0.503 e. The molecule has 1 atom stereocenters. The van der Waals surface area contributed by atoms with Crippen LogP contribution >= 0.6 is 34.5 Å². The molecule has 1 aliphatic rings. The van der Waals surface area contributed by atoms with Crippen LogP contribution in [0.25, 0.3) is 10.6 Å². The van der Waals surface area contributed by atoms with Gasteiger partial charge in [0.2, 0.25) is 5.78 Å². The summed E-state index contributed by atoms with van der Waals surface area (Å²) in [7, 11) is 0. The van der Waals surface area contributed by atoms with Gasteiger partial charge >= 0.3 is 0 Å². The SMILES string of the molecule is Cc1nc(-c2ccccc2)sc1C(=O)C1=C(O)C(=O)N(Cc2ccccn2)C1c1ccc(Cl)c(Cl)c1. The third-order valence-corrected chi connectivity index (χ3v) is 7.83. The number of Topliss-reactive ketones (excluding diaryl/α,β-unsaturated/α-hetero) is 1. The predicted molar refractivity (Wildman–Crippen MR) is 140 cm³/mol. The van der Waals surface area contributed by atoms with Crippen molar-refractivity contribution >= 4 is 46.2 Å². The molecule has 2 aromatic carbocycles. The van der Waals surface area contributed by atoms with Crippen molar-refractivity contribution in [3.63, 3.8) is 0 Å². The lowest BCUT2D eigenvalue weighted by atomic mass is 9.95. The molecule has 1 aliphatic heterocycles. The van der Waals surface area contributed by atoms with Crippen LogP contribution in [0.15, 0.2) is 84.3 Å². The van der Waals surface area contributed by atoms with Crippen LogP contribution < -0.4 is 0 Å². The summed E-state index contributed by atoms with van der Waals surface area (Å²) >= 11 is 13.6. The number of aryl methyl sites for hydroxylation is 1. The van der Waals surface area contributed by atoms with E-state index in [0.717, 1.165) is 5.56 Å². The normalized spacial score (nSPS) is 15.6. The maximum Gasteiger partial charge on any atom is 0.290 e. The molecule has 0 fully saturated rings. The minimum atomic E-state index is -0.886. The summed E-state index contributed by atoms with van der Waals surface area (Å²) in [5.41, 5.74) is 2.53. The summed E-state index contributed by atoms with van der Waals surface area (Å²) in [6, 6.07) is 18.9. The number of thiazole rings is 1. The lowest BCUT2D eigenvalue weighted by molar-refractivity contribution is -0.130. The summed E-state index contributed by atoms with van der Waals surface area (Å²) in [6.07, 6.45) is 1.62. The number of hydrogen-bond donors (Lipinski definition) is 1. The van der Waals surface area contributed by atoms with E-state index in [1.165, 1.54) is 16.2 Å². The second-order valence-electron chi connectivity index (χ2n) is 8.22. The van der Waals surface area contributed by atoms with Gasteiger partial charge in [0.1, 0.15) is 5.01 Å². The predicted octanol–water partition coefficient (Wildman–Crippen LogP) is 6.60. The number of aliphatic hydroxyl groups excluding tert-OH is 1. The molecule has 1 unspecified atom stereocenters. The summed E-state index contributed by atoms with van der Waals surface area (Å²) < 4.78 is 0. The molecule has 6 nitrogen and oxygen atoms in total. The second kappa shape index (κ2) is 9.85. The van der Waals surface area contributed by atoms with Crippen LogP contribution in [0.4, 0.5) is 0 Å². The quantitative estimate of drug-likeness (QED) is 0.281. The van der Waals surface area contributed by atoms with E-state index in [-0.39, 0.29) is 17.1 Å². The molecular weight excluding hydrogens is 517 g/mol. The van der Waals surface area contributed by atoms with Crippen LogP contribution in [0.1, 0.15) is 32.7 Å². The fourth-order valence-electron chi connectivity index (χ4n) is 4.18. The smallest absolute Gasteiger partial charge is 0.290 e. The van der Waals surface area contributed by atoms with Crippen molar-refractivity contribution < 1.29 is 14.7 Å². The van der Waals surface area contributed by atoms with Crippen molar-refractivity contribution in [2.45, 2.75) is 19.5 Å². The standard InChI is InChI=1S/C27H19Cl2N3O3S/c1-15-25(36-26(31-15)16-7-3-2-4-8-16)23(33)21-22(17-10-11-19(28)20(29)13-17)32(27(35)24(21)34)14-18-9-5-6-12-30-18/h2-13,22,34H,14H2,1H3. The van der Waals surface area contributed by atoms with Gasteiger partial charge in [-0.05, 0) is 36.8 Å². The van der Waals surface area contributed by atoms with Crippen molar-refractivity contribution in [1.82, 2.24) is 14.9 Å². The highest BCUT2D eigenvalue weighted by atomic mass is 35.5. The van der Waals surface area contributed by atoms with E-state index in [9.17, 15) is 14.7 Å². The maximum absolute atomic E-state index is 13.9. The van der Waals surface area contributed by atoms with Crippen LogP contribution in [0.5, 0.6) is 0 Å². The molecule has 9 heteroatoms. The number of ketones is 1. The van der Waals surface area contributed by atoms with E-state index >= 15 is 0 Å². The Balaban J connectivity index is 1.60. The Morgan fingerprint density at radius 2 is 1.81 bits per heavy atom. The molecule has 0 bridgehead atoms. The molecule has 3 heterocycles. The van der Waals surface area contributed by atoms with Gasteiger partial charge in [-0.2, -0.15) is 0 Å². The Labute approximate surface area is 221 Å². The summed E-state index contributed by atoms with van der Waals surface area (Å²) in [4.78, 5) is 37.8. The van der Waals surface area contributed by atoms with Crippen molar-refractivity contribution in [3.8, 4) is 10.6 Å². The monoisotopic (exact) mass is 535 g/mol. The summed E-state index contributed by atoms with van der Waals surface area (Å²) in [5, 5.41) is 12.3. The Morgan fingerprint density at radius 3 is 2.50 bits per heavy atom. The van der Waals surface area contributed by atoms with Crippen LogP contribution in [0, 0.1) is 6.92 Å². The van der Waals surface area contributed by atoms with Gasteiger partial charge < -0.3 is 10.0 Å². The molecule has 5 rings (SSSR count). The highest BCUT2D eigenvalue weighted by molar-refractivity contribution is 7.17. The number of halogens is 2. The van der Waals surface area contributed by atoms with Gasteiger partial charge in [0, 0.05) is 11.8 Å². The average molecular weight is 536 g/mol. The second-order valence-corrected chi connectivity index (χ2v) is 10.0. The molecule has 180 valence electrons. The molecule has 36 heavy (non-hydrogen) atoms. The first kappa shape index (κ1) is 24.2. The van der Waals surface area contributed by atoms with Crippen molar-refractivity contribution in [2.75, 3.05) is 0 Å². The van der Waals surface area contributed by atoms with E-state index in [2.05, 4.69) is 9.97 Å². The lowest BCUT2D eigenvalue weighted by Crippen LogP contribution is -2.31. The first-order chi connectivity index (χ1) is 17.3. The van der Waals surface area contributed by atoms with Gasteiger partial charge in [-0.25, -0.2) is 4.98 Å². The number of nitrogens with zero attached hydrogens (tertiary/aromatic N) is 3. The zero-order valence-corrected chi connectivity index (χ0v) is 21.3. The Morgan fingerprint density at radius 1 is 1.06 bits per heavy atom. The molecule has 2 aromatic heterocycles. The number of pyridine rings is 1. The highest BCUT2D eigenvalue weighted by Crippen LogP contribution is 2.42. The van der Waals surface area contributed by atoms with E-state index in [0.29, 0.717) is 31.9 Å². The van der Waals surface area contributed by atoms with Crippen LogP contribution in [0.3, 0.4) is 0 Å². The Hall–Kier alpha value is -3.52. The number of aromatic nitrogens is 2. The fourth-order valence-corrected chi connectivity index (χ4v) is 5.51. The number of rotatable bonds is 6. The average Bonchev–Trinajstić information content (AvgIpc) is 3.39. The molecule has 0 saturated heterocycles. The minimum Gasteiger partial charge on any atom is -0.503 e. The Bertz CT molecular complexity index is 1500. The molecule has 1 amide bonds. The Kier molecular flexibility index (Phi) is 6.62. The van der Waals surface area contributed by atoms with Crippen LogP contribution in [-0.4, -0.2) is 31.7 Å². The van der Waals surface area contributed by atoms with E-state index in [1.807, 2.05) is 36.4 Å². The van der Waals surface area contributed by atoms with E-state index in [1.54, 1.807) is 43.5 Å². The van der Waals surface area contributed by atoms with Gasteiger partial charge in [0.15, 0.2) is 5.76 Å². The highest BCUT2D eigenvalue weighted by Gasteiger charge is 2.44. The topological polar surface area (TPSA) is 83.4 Å². The first-order valence-electron chi connectivity index (χ1n) is 11.0. The zero-order valence-electron chi connectivity index (χ0n) is 19.0. The molecule has 0 spiro atoms. The zero-order chi connectivity index (χ0) is 25.4. The number of carbonyl (C=O) groups is 2. The molecule has 0 aliphatic carbocycles. The third kappa shape index (κ3) is 4.41. The van der Waals surface area contributed by atoms with E-state index < -0.39 is 23.5 Å². The minimum absolute atomic E-state index is 0.0271. The third-order valence-electron chi connectivity index (χ3n) is 5.89. The molecule has 4 aromatic rings. The number of amides is 1. The summed E-state index contributed by atoms with van der Waals surface area (Å²) in [5.74, 6) is -1.72. The molecular formula is C27H19Cl2N3O3S. The number of benzene rings is 2. The van der Waals surface area contributed by atoms with Crippen molar-refractivity contribution in [1.29, 1.82) is 0 Å². The molecule has 0 saturated carbocycles. The van der Waals surface area contributed by atoms with Gasteiger partial charge in [0.25, 0.3) is 5.91 Å². The fraction of sp³-hybridized carbons (Fsp3) is 0.111.